The van der Waals surface area contributed by atoms with Gasteiger partial charge in [0.15, 0.2) is 15.8 Å². The lowest BCUT2D eigenvalue weighted by Gasteiger charge is -2.38. The molecule has 2 aliphatic heterocycles. The first-order chi connectivity index (χ1) is 13.5. The van der Waals surface area contributed by atoms with E-state index in [-0.39, 0.29) is 48.0 Å². The molecular weight excluding hydrogens is 505 g/mol. The predicted octanol–water partition coefficient (Wildman–Crippen LogP) is 2.31. The molecule has 3 atom stereocenters. The highest BCUT2D eigenvalue weighted by Gasteiger charge is 2.33. The molecule has 1 N–H and O–H groups in total. The smallest absolute Gasteiger partial charge is 0.194 e. The van der Waals surface area contributed by atoms with Crippen molar-refractivity contribution in [1.29, 1.82) is 0 Å². The second-order valence-corrected chi connectivity index (χ2v) is 9.33. The number of morpholine rings is 1. The summed E-state index contributed by atoms with van der Waals surface area (Å²) in [6.45, 7) is 4.83. The molecule has 2 saturated heterocycles. The fourth-order valence-corrected chi connectivity index (χ4v) is 5.33. The van der Waals surface area contributed by atoms with Crippen molar-refractivity contribution in [3.8, 4) is 0 Å². The Morgan fingerprint density at radius 3 is 2.59 bits per heavy atom. The van der Waals surface area contributed by atoms with Gasteiger partial charge in [0, 0.05) is 32.8 Å². The van der Waals surface area contributed by atoms with Gasteiger partial charge in [-0.2, -0.15) is 0 Å². The second-order valence-electron chi connectivity index (χ2n) is 7.30. The number of nitrogens with one attached hydrogen (secondary N) is 1. The van der Waals surface area contributed by atoms with Gasteiger partial charge in [-0.15, -0.1) is 24.0 Å². The van der Waals surface area contributed by atoms with Crippen molar-refractivity contribution < 1.29 is 17.9 Å². The third-order valence-electron chi connectivity index (χ3n) is 5.33. The Morgan fingerprint density at radius 1 is 1.24 bits per heavy atom. The zero-order valence-corrected chi connectivity index (χ0v) is 20.3. The van der Waals surface area contributed by atoms with Crippen LogP contribution in [0.2, 0.25) is 0 Å². The molecule has 0 aromatic heterocycles. The van der Waals surface area contributed by atoms with Crippen LogP contribution in [0.1, 0.15) is 26.2 Å². The Bertz CT molecular complexity index is 754. The van der Waals surface area contributed by atoms with Gasteiger partial charge in [0.2, 0.25) is 0 Å². The van der Waals surface area contributed by atoms with Crippen molar-refractivity contribution in [2.75, 3.05) is 39.1 Å². The molecule has 3 rings (SSSR count). The van der Waals surface area contributed by atoms with Crippen molar-refractivity contribution in [3.05, 3.63) is 30.3 Å². The van der Waals surface area contributed by atoms with E-state index in [0.717, 1.165) is 32.0 Å². The molecule has 0 saturated carbocycles. The maximum atomic E-state index is 12.7. The molecular formula is C20H32IN3O4S. The van der Waals surface area contributed by atoms with Crippen molar-refractivity contribution >= 4 is 39.8 Å². The minimum absolute atomic E-state index is 0. The highest BCUT2D eigenvalue weighted by atomic mass is 127. The molecule has 0 aliphatic carbocycles. The van der Waals surface area contributed by atoms with Crippen LogP contribution < -0.4 is 5.32 Å². The lowest BCUT2D eigenvalue weighted by atomic mass is 10.1. The lowest BCUT2D eigenvalue weighted by molar-refractivity contribution is -0.0817. The third kappa shape index (κ3) is 6.53. The summed E-state index contributed by atoms with van der Waals surface area (Å²) in [4.78, 5) is 6.91. The molecule has 1 aromatic rings. The first-order valence-electron chi connectivity index (χ1n) is 10.0. The molecule has 0 radical (unpaired) electrons. The molecule has 3 unspecified atom stereocenters. The predicted molar refractivity (Wildman–Crippen MR) is 125 cm³/mol. The van der Waals surface area contributed by atoms with E-state index in [9.17, 15) is 8.42 Å². The number of rotatable bonds is 6. The number of halogens is 1. The van der Waals surface area contributed by atoms with E-state index in [1.807, 2.05) is 13.0 Å². The SMILES string of the molecule is CCC(CS(=O)(=O)c1ccccc1)NC(=NC)N1CCOC(C2CCCO2)C1.I. The van der Waals surface area contributed by atoms with E-state index in [2.05, 4.69) is 15.2 Å². The average Bonchev–Trinajstić information content (AvgIpc) is 3.26. The van der Waals surface area contributed by atoms with Crippen LogP contribution in [0, 0.1) is 0 Å². The van der Waals surface area contributed by atoms with Gasteiger partial charge in [-0.25, -0.2) is 8.42 Å². The Labute approximate surface area is 191 Å². The van der Waals surface area contributed by atoms with Gasteiger partial charge in [0.05, 0.1) is 23.4 Å². The molecule has 164 valence electrons. The Morgan fingerprint density at radius 2 is 1.97 bits per heavy atom. The number of nitrogens with zero attached hydrogens (tertiary/aromatic N) is 2. The zero-order valence-electron chi connectivity index (χ0n) is 17.1. The van der Waals surface area contributed by atoms with Crippen LogP contribution in [0.15, 0.2) is 40.2 Å². The van der Waals surface area contributed by atoms with Crippen molar-refractivity contribution in [3.63, 3.8) is 0 Å². The van der Waals surface area contributed by atoms with Crippen LogP contribution in [0.25, 0.3) is 0 Å². The van der Waals surface area contributed by atoms with Crippen molar-refractivity contribution in [1.82, 2.24) is 10.2 Å². The highest BCUT2D eigenvalue weighted by molar-refractivity contribution is 14.0. The second kappa shape index (κ2) is 11.5. The normalized spacial score (nSPS) is 24.1. The summed E-state index contributed by atoms with van der Waals surface area (Å²) in [7, 11) is -1.63. The average molecular weight is 537 g/mol. The molecule has 0 bridgehead atoms. The van der Waals surface area contributed by atoms with Gasteiger partial charge < -0.3 is 19.7 Å². The quantitative estimate of drug-likeness (QED) is 0.341. The first kappa shape index (κ1) is 24.4. The van der Waals surface area contributed by atoms with Crippen LogP contribution in [-0.4, -0.2) is 76.6 Å². The number of aliphatic imine (C=N–C) groups is 1. The molecule has 0 amide bonds. The Hall–Kier alpha value is -0.910. The van der Waals surface area contributed by atoms with Gasteiger partial charge in [-0.05, 0) is 31.4 Å². The Balaban J connectivity index is 0.00000300. The number of guanidine groups is 1. The fourth-order valence-electron chi connectivity index (χ4n) is 3.72. The lowest BCUT2D eigenvalue weighted by Crippen LogP contribution is -2.55. The molecule has 2 fully saturated rings. The van der Waals surface area contributed by atoms with Crippen LogP contribution in [-0.2, 0) is 19.3 Å². The maximum Gasteiger partial charge on any atom is 0.194 e. The molecule has 1 aromatic carbocycles. The summed E-state index contributed by atoms with van der Waals surface area (Å²) in [6.07, 6.45) is 2.96. The van der Waals surface area contributed by atoms with Crippen LogP contribution in [0.4, 0.5) is 0 Å². The first-order valence-corrected chi connectivity index (χ1v) is 11.7. The summed E-state index contributed by atoms with van der Waals surface area (Å²) < 4.78 is 37.2. The molecule has 29 heavy (non-hydrogen) atoms. The topological polar surface area (TPSA) is 80.2 Å². The number of hydrogen-bond acceptors (Lipinski definition) is 5. The monoisotopic (exact) mass is 537 g/mol. The van der Waals surface area contributed by atoms with E-state index in [1.54, 1.807) is 31.3 Å². The highest BCUT2D eigenvalue weighted by Crippen LogP contribution is 2.21. The van der Waals surface area contributed by atoms with E-state index in [4.69, 9.17) is 9.47 Å². The standard InChI is InChI=1S/C20H31N3O4S.HI/c1-3-16(15-28(24,25)17-8-5-4-6-9-17)22-20(21-2)23-11-13-27-19(14-23)18-10-7-12-26-18;/h4-6,8-9,16,18-19H,3,7,10-15H2,1-2H3,(H,21,22);1H. The largest absolute Gasteiger partial charge is 0.375 e. The zero-order chi connectivity index (χ0) is 20.0. The summed E-state index contributed by atoms with van der Waals surface area (Å²) >= 11 is 0. The fraction of sp³-hybridized carbons (Fsp3) is 0.650. The van der Waals surface area contributed by atoms with E-state index in [0.29, 0.717) is 24.5 Å². The number of sulfone groups is 1. The van der Waals surface area contributed by atoms with E-state index < -0.39 is 9.84 Å². The minimum Gasteiger partial charge on any atom is -0.375 e. The van der Waals surface area contributed by atoms with E-state index in [1.165, 1.54) is 0 Å². The molecule has 9 heteroatoms. The van der Waals surface area contributed by atoms with Crippen LogP contribution >= 0.6 is 24.0 Å². The van der Waals surface area contributed by atoms with Crippen molar-refractivity contribution in [2.45, 2.75) is 49.3 Å². The van der Waals surface area contributed by atoms with Gasteiger partial charge >= 0.3 is 0 Å². The molecule has 7 nitrogen and oxygen atoms in total. The summed E-state index contributed by atoms with van der Waals surface area (Å²) in [5.74, 6) is 0.757. The van der Waals surface area contributed by atoms with Gasteiger partial charge in [-0.1, -0.05) is 25.1 Å². The summed E-state index contributed by atoms with van der Waals surface area (Å²) in [5, 5.41) is 3.36. The minimum atomic E-state index is -3.36. The summed E-state index contributed by atoms with van der Waals surface area (Å²) in [5.41, 5.74) is 0. The van der Waals surface area contributed by atoms with E-state index >= 15 is 0 Å². The van der Waals surface area contributed by atoms with Crippen molar-refractivity contribution in [2.24, 2.45) is 4.99 Å². The van der Waals surface area contributed by atoms with Crippen LogP contribution in [0.5, 0.6) is 0 Å². The third-order valence-corrected chi connectivity index (χ3v) is 7.16. The molecule has 2 aliphatic rings. The number of benzene rings is 1. The van der Waals surface area contributed by atoms with Gasteiger partial charge in [0.1, 0.15) is 6.10 Å². The Kier molecular flexibility index (Phi) is 9.64. The molecule has 2 heterocycles. The van der Waals surface area contributed by atoms with Crippen LogP contribution in [0.3, 0.4) is 0 Å². The number of ether oxygens (including phenoxy) is 2. The van der Waals surface area contributed by atoms with Gasteiger partial charge in [-0.3, -0.25) is 4.99 Å². The number of hydrogen-bond donors (Lipinski definition) is 1. The van der Waals surface area contributed by atoms with Gasteiger partial charge in [0.25, 0.3) is 0 Å². The summed E-state index contributed by atoms with van der Waals surface area (Å²) in [6, 6.07) is 8.39. The molecule has 0 spiro atoms. The maximum absolute atomic E-state index is 12.7.